The summed E-state index contributed by atoms with van der Waals surface area (Å²) in [6.07, 6.45) is 4.95. The maximum absolute atomic E-state index is 13.2. The van der Waals surface area contributed by atoms with Gasteiger partial charge in [0.15, 0.2) is 0 Å². The Balaban J connectivity index is 0.000000976. The molecule has 1 unspecified atom stereocenters. The lowest BCUT2D eigenvalue weighted by atomic mass is 9.87. The summed E-state index contributed by atoms with van der Waals surface area (Å²) in [4.78, 5) is 57.0. The summed E-state index contributed by atoms with van der Waals surface area (Å²) in [5, 5.41) is 6.93. The van der Waals surface area contributed by atoms with Crippen LogP contribution in [0.1, 0.15) is 117 Å². The second-order valence-electron chi connectivity index (χ2n) is 19.1. The summed E-state index contributed by atoms with van der Waals surface area (Å²) in [7, 11) is 0. The van der Waals surface area contributed by atoms with Crippen LogP contribution in [0.4, 0.5) is 16.2 Å². The fourth-order valence-corrected chi connectivity index (χ4v) is 8.28. The van der Waals surface area contributed by atoms with Crippen molar-refractivity contribution in [1.82, 2.24) is 20.4 Å². The normalized spacial score (nSPS) is 15.3. The molecule has 2 aliphatic heterocycles. The van der Waals surface area contributed by atoms with Crippen molar-refractivity contribution in [3.8, 4) is 11.1 Å². The number of fused-ring (bicyclic) bond motifs is 1. The number of hydrogen-bond donors (Lipinski definition) is 3. The molecule has 1 atom stereocenters. The molecule has 1 fully saturated rings. The third kappa shape index (κ3) is 16.1. The molecular weight excluding hydrogens is 816 g/mol. The summed E-state index contributed by atoms with van der Waals surface area (Å²) in [6, 6.07) is 21.0. The molecule has 0 saturated carbocycles. The van der Waals surface area contributed by atoms with Crippen LogP contribution in [0.15, 0.2) is 66.7 Å². The van der Waals surface area contributed by atoms with Gasteiger partial charge in [0.1, 0.15) is 5.60 Å². The Morgan fingerprint density at radius 1 is 0.889 bits per heavy atom. The van der Waals surface area contributed by atoms with Crippen LogP contribution in [0.3, 0.4) is 0 Å². The van der Waals surface area contributed by atoms with Crippen LogP contribution in [0, 0.1) is 5.92 Å². The summed E-state index contributed by atoms with van der Waals surface area (Å²) in [6.45, 7) is 23.4. The van der Waals surface area contributed by atoms with E-state index in [9.17, 15) is 19.2 Å². The largest absolute Gasteiger partial charge is 0.444 e. The van der Waals surface area contributed by atoms with E-state index in [0.29, 0.717) is 44.1 Å². The van der Waals surface area contributed by atoms with Gasteiger partial charge in [-0.15, -0.1) is 0 Å². The van der Waals surface area contributed by atoms with Gasteiger partial charge < -0.3 is 35.6 Å². The Morgan fingerprint density at radius 3 is 2.10 bits per heavy atom. The first-order valence-corrected chi connectivity index (χ1v) is 23.0. The number of hydrogen-bond acceptors (Lipinski definition) is 8. The van der Waals surface area contributed by atoms with E-state index >= 15 is 0 Å². The standard InChI is InChI=1S/C44H67N5O6.C6H6ClN/c1-11-37(48(12-2)41(53)55-42(4,5)6)33-21-25-47(26-22-33)29-39(51)45-30-44(9,10)54-27-23-43(7,8)46-40(52)34-17-15-32(16-18-34)35-19-20-38-36(28-35)14-13-24-49(38)31(3)50;7-5-1-3-6(8)4-2-5/h15-20,28,33,37H,11-14,21-27,29-30H2,1-10H3,(H,45,51)(H,46,52);1-4H,8H2. The lowest BCUT2D eigenvalue weighted by molar-refractivity contribution is -0.124. The van der Waals surface area contributed by atoms with Gasteiger partial charge in [-0.3, -0.25) is 19.3 Å². The minimum Gasteiger partial charge on any atom is -0.444 e. The Hall–Kier alpha value is -4.65. The van der Waals surface area contributed by atoms with E-state index in [-0.39, 0.29) is 29.9 Å². The van der Waals surface area contributed by atoms with Gasteiger partial charge in [-0.05, 0) is 178 Å². The van der Waals surface area contributed by atoms with Crippen molar-refractivity contribution in [2.45, 2.75) is 131 Å². The summed E-state index contributed by atoms with van der Waals surface area (Å²) >= 11 is 5.56. The highest BCUT2D eigenvalue weighted by atomic mass is 35.5. The highest BCUT2D eigenvalue weighted by Crippen LogP contribution is 2.32. The lowest BCUT2D eigenvalue weighted by Gasteiger charge is -2.41. The third-order valence-corrected chi connectivity index (χ3v) is 11.9. The van der Waals surface area contributed by atoms with Crippen molar-refractivity contribution >= 4 is 46.8 Å². The van der Waals surface area contributed by atoms with Crippen LogP contribution in [-0.4, -0.2) is 102 Å². The molecule has 12 nitrogen and oxygen atoms in total. The van der Waals surface area contributed by atoms with E-state index in [1.165, 1.54) is 5.56 Å². The van der Waals surface area contributed by atoms with Crippen LogP contribution in [0.2, 0.25) is 5.02 Å². The van der Waals surface area contributed by atoms with E-state index in [2.05, 4.69) is 28.5 Å². The Bertz CT molecular complexity index is 1950. The van der Waals surface area contributed by atoms with Gasteiger partial charge >= 0.3 is 6.09 Å². The number of nitrogens with two attached hydrogens (primary N) is 1. The Kier molecular flexibility index (Phi) is 18.5. The zero-order valence-corrected chi connectivity index (χ0v) is 40.2. The lowest BCUT2D eigenvalue weighted by Crippen LogP contribution is -2.50. The molecule has 3 aromatic carbocycles. The predicted molar refractivity (Wildman–Crippen MR) is 255 cm³/mol. The fraction of sp³-hybridized carbons (Fsp3) is 0.560. The maximum atomic E-state index is 13.2. The smallest absolute Gasteiger partial charge is 0.410 e. The van der Waals surface area contributed by atoms with Crippen molar-refractivity contribution < 1.29 is 28.7 Å². The van der Waals surface area contributed by atoms with E-state index in [4.69, 9.17) is 26.8 Å². The number of anilines is 2. The van der Waals surface area contributed by atoms with Gasteiger partial charge in [0, 0.05) is 66.7 Å². The average molecular weight is 890 g/mol. The number of halogens is 1. The molecule has 2 heterocycles. The maximum Gasteiger partial charge on any atom is 0.410 e. The van der Waals surface area contributed by atoms with E-state index in [1.807, 2.05) is 102 Å². The molecule has 0 spiro atoms. The minimum absolute atomic E-state index is 0.0315. The highest BCUT2D eigenvalue weighted by Gasteiger charge is 2.34. The highest BCUT2D eigenvalue weighted by molar-refractivity contribution is 6.30. The van der Waals surface area contributed by atoms with Crippen molar-refractivity contribution in [2.75, 3.05) is 56.5 Å². The second kappa shape index (κ2) is 22.8. The van der Waals surface area contributed by atoms with Gasteiger partial charge in [-0.2, -0.15) is 0 Å². The molecule has 0 bridgehead atoms. The van der Waals surface area contributed by atoms with Crippen molar-refractivity contribution in [3.63, 3.8) is 0 Å². The van der Waals surface area contributed by atoms with Crippen molar-refractivity contribution in [1.29, 1.82) is 0 Å². The number of aryl methyl sites for hydroxylation is 1. The molecule has 0 radical (unpaired) electrons. The van der Waals surface area contributed by atoms with Crippen LogP contribution in [-0.2, 0) is 25.5 Å². The first-order chi connectivity index (χ1) is 29.6. The van der Waals surface area contributed by atoms with Gasteiger partial charge in [-0.1, -0.05) is 36.7 Å². The first-order valence-electron chi connectivity index (χ1n) is 22.6. The number of ether oxygens (including phenoxy) is 2. The van der Waals surface area contributed by atoms with Gasteiger partial charge in [0.05, 0.1) is 12.1 Å². The van der Waals surface area contributed by atoms with E-state index in [0.717, 1.165) is 79.3 Å². The Morgan fingerprint density at radius 2 is 1.52 bits per heavy atom. The number of piperidine rings is 1. The first kappa shape index (κ1) is 51.0. The average Bonchev–Trinajstić information content (AvgIpc) is 3.22. The molecule has 4 N–H and O–H groups in total. The van der Waals surface area contributed by atoms with Crippen LogP contribution in [0.25, 0.3) is 11.1 Å². The number of rotatable bonds is 15. The van der Waals surface area contributed by atoms with E-state index in [1.54, 1.807) is 31.2 Å². The topological polar surface area (TPSA) is 147 Å². The van der Waals surface area contributed by atoms with E-state index < -0.39 is 16.7 Å². The molecular formula is C50H73ClN6O6. The molecule has 4 amide bonds. The van der Waals surface area contributed by atoms with Crippen molar-refractivity contribution in [2.24, 2.45) is 5.92 Å². The number of benzene rings is 3. The third-order valence-electron chi connectivity index (χ3n) is 11.6. The summed E-state index contributed by atoms with van der Waals surface area (Å²) in [5.74, 6) is 0.253. The van der Waals surface area contributed by atoms with Crippen molar-refractivity contribution in [3.05, 3.63) is 82.9 Å². The predicted octanol–water partition coefficient (Wildman–Crippen LogP) is 9.13. The Labute approximate surface area is 381 Å². The molecule has 346 valence electrons. The number of nitrogen functional groups attached to an aromatic ring is 1. The summed E-state index contributed by atoms with van der Waals surface area (Å²) in [5.41, 5.74) is 9.31. The number of nitrogens with one attached hydrogen (secondary N) is 2. The molecule has 2 aliphatic rings. The minimum atomic E-state index is -0.584. The zero-order chi connectivity index (χ0) is 46.5. The molecule has 0 aliphatic carbocycles. The van der Waals surface area contributed by atoms with Gasteiger partial charge in [-0.25, -0.2) is 4.79 Å². The van der Waals surface area contributed by atoms with Crippen LogP contribution >= 0.6 is 11.6 Å². The number of carbonyl (C=O) groups is 4. The summed E-state index contributed by atoms with van der Waals surface area (Å²) < 4.78 is 11.9. The fourth-order valence-electron chi connectivity index (χ4n) is 8.15. The molecule has 63 heavy (non-hydrogen) atoms. The molecule has 5 rings (SSSR count). The van der Waals surface area contributed by atoms with Gasteiger partial charge in [0.25, 0.3) is 5.91 Å². The molecule has 0 aromatic heterocycles. The van der Waals surface area contributed by atoms with Crippen LogP contribution in [0.5, 0.6) is 0 Å². The number of carbonyl (C=O) groups excluding carboxylic acids is 4. The SMILES string of the molecule is CCC(C1CCN(CC(=O)NCC(C)(C)OCCC(C)(C)NC(=O)c2ccc(-c3ccc4c(c3)CCCN4C(C)=O)cc2)CC1)N(CC)C(=O)OC(C)(C)C.Nc1ccc(Cl)cc1. The second-order valence-corrected chi connectivity index (χ2v) is 19.5. The molecule has 1 saturated heterocycles. The number of nitrogens with zero attached hydrogens (tertiary/aromatic N) is 3. The number of amides is 4. The van der Waals surface area contributed by atoms with Gasteiger partial charge in [0.2, 0.25) is 11.8 Å². The zero-order valence-electron chi connectivity index (χ0n) is 39.4. The van der Waals surface area contributed by atoms with Crippen LogP contribution < -0.4 is 21.3 Å². The molecule has 13 heteroatoms. The number of likely N-dealkylation sites (tertiary alicyclic amines) is 1. The quantitative estimate of drug-likeness (QED) is 0.128. The monoisotopic (exact) mass is 889 g/mol. The molecule has 3 aromatic rings.